The summed E-state index contributed by atoms with van der Waals surface area (Å²) in [4.78, 5) is 10.2. The number of carboxylic acid groups (broad SMARTS) is 1. The minimum atomic E-state index is -3.39. The molecule has 0 aromatic heterocycles. The highest BCUT2D eigenvalue weighted by Gasteiger charge is 2.31. The summed E-state index contributed by atoms with van der Waals surface area (Å²) in [6.07, 6.45) is 0.718. The fraction of sp³-hybridized carbons (Fsp3) is 0.857. The summed E-state index contributed by atoms with van der Waals surface area (Å²) >= 11 is 0. The van der Waals surface area contributed by atoms with Crippen molar-refractivity contribution >= 4 is 16.2 Å². The molecule has 0 unspecified atom stereocenters. The Morgan fingerprint density at radius 1 is 1.50 bits per heavy atom. The number of hydrogen-bond donors (Lipinski definition) is 1. The van der Waals surface area contributed by atoms with Gasteiger partial charge in [-0.15, -0.1) is 0 Å². The summed E-state index contributed by atoms with van der Waals surface area (Å²) in [6, 6.07) is 0. The van der Waals surface area contributed by atoms with E-state index in [4.69, 9.17) is 5.11 Å². The van der Waals surface area contributed by atoms with Gasteiger partial charge in [0.05, 0.1) is 6.42 Å². The van der Waals surface area contributed by atoms with Crippen LogP contribution in [-0.2, 0) is 15.0 Å². The minimum Gasteiger partial charge on any atom is -0.481 e. The minimum absolute atomic E-state index is 0.0220. The lowest BCUT2D eigenvalue weighted by Crippen LogP contribution is -2.49. The molecule has 0 aliphatic carbocycles. The number of carboxylic acids is 1. The fourth-order valence-electron chi connectivity index (χ4n) is 1.08. The third-order valence-corrected chi connectivity index (χ3v) is 4.16. The van der Waals surface area contributed by atoms with Gasteiger partial charge in [-0.2, -0.15) is 17.0 Å². The first-order valence-corrected chi connectivity index (χ1v) is 5.77. The van der Waals surface area contributed by atoms with E-state index in [1.165, 1.54) is 11.4 Å². The van der Waals surface area contributed by atoms with Gasteiger partial charge in [0.2, 0.25) is 0 Å². The quantitative estimate of drug-likeness (QED) is 0.670. The van der Waals surface area contributed by atoms with Crippen molar-refractivity contribution in [3.63, 3.8) is 0 Å². The van der Waals surface area contributed by atoms with Crippen molar-refractivity contribution in [1.82, 2.24) is 8.61 Å². The normalized spacial score (nSPS) is 18.1. The zero-order chi connectivity index (χ0) is 10.8. The third-order valence-electron chi connectivity index (χ3n) is 2.18. The molecule has 1 saturated heterocycles. The van der Waals surface area contributed by atoms with Crippen molar-refractivity contribution in [2.75, 3.05) is 26.7 Å². The average Bonchev–Trinajstić information content (AvgIpc) is 1.95. The molecule has 0 aromatic carbocycles. The molecular formula is C7H14N2O4S. The SMILES string of the molecule is CN(CCC(=O)O)S(=O)(=O)N1CCC1. The number of rotatable bonds is 5. The van der Waals surface area contributed by atoms with Gasteiger partial charge in [-0.05, 0) is 6.42 Å². The highest BCUT2D eigenvalue weighted by Crippen LogP contribution is 2.15. The fourth-order valence-corrected chi connectivity index (χ4v) is 2.52. The smallest absolute Gasteiger partial charge is 0.304 e. The standard InChI is InChI=1S/C7H14N2O4S/c1-8(6-3-7(10)11)14(12,13)9-4-2-5-9/h2-6H2,1H3,(H,10,11). The van der Waals surface area contributed by atoms with E-state index in [1.54, 1.807) is 0 Å². The van der Waals surface area contributed by atoms with Gasteiger partial charge in [0, 0.05) is 26.7 Å². The lowest BCUT2D eigenvalue weighted by atomic mass is 10.3. The van der Waals surface area contributed by atoms with Gasteiger partial charge in [0.25, 0.3) is 10.2 Å². The monoisotopic (exact) mass is 222 g/mol. The maximum absolute atomic E-state index is 11.6. The van der Waals surface area contributed by atoms with Crippen LogP contribution >= 0.6 is 0 Å². The Morgan fingerprint density at radius 3 is 2.43 bits per heavy atom. The molecule has 1 heterocycles. The molecule has 6 nitrogen and oxygen atoms in total. The molecule has 0 bridgehead atoms. The summed E-state index contributed by atoms with van der Waals surface area (Å²) in [6.45, 7) is 1.10. The summed E-state index contributed by atoms with van der Waals surface area (Å²) in [5.41, 5.74) is 0. The highest BCUT2D eigenvalue weighted by molar-refractivity contribution is 7.86. The molecule has 0 atom stereocenters. The molecule has 1 rings (SSSR count). The third kappa shape index (κ3) is 2.43. The Bertz CT molecular complexity index is 310. The number of aliphatic carboxylic acids is 1. The molecule has 1 N–H and O–H groups in total. The predicted molar refractivity (Wildman–Crippen MR) is 50.0 cm³/mol. The van der Waals surface area contributed by atoms with Gasteiger partial charge in [-0.3, -0.25) is 4.79 Å². The van der Waals surface area contributed by atoms with E-state index < -0.39 is 16.2 Å². The second-order valence-corrected chi connectivity index (χ2v) is 5.26. The molecule has 7 heteroatoms. The first-order chi connectivity index (χ1) is 6.44. The number of hydrogen-bond acceptors (Lipinski definition) is 3. The van der Waals surface area contributed by atoms with Crippen LogP contribution in [0.15, 0.2) is 0 Å². The molecule has 1 aliphatic heterocycles. The van der Waals surface area contributed by atoms with Gasteiger partial charge < -0.3 is 5.11 Å². The maximum Gasteiger partial charge on any atom is 0.304 e. The zero-order valence-electron chi connectivity index (χ0n) is 8.01. The van der Waals surface area contributed by atoms with Gasteiger partial charge in [-0.25, -0.2) is 0 Å². The van der Waals surface area contributed by atoms with E-state index in [0.717, 1.165) is 10.7 Å². The van der Waals surface area contributed by atoms with Crippen LogP contribution in [0.2, 0.25) is 0 Å². The van der Waals surface area contributed by atoms with E-state index in [0.29, 0.717) is 13.1 Å². The molecular weight excluding hydrogens is 208 g/mol. The van der Waals surface area contributed by atoms with Crippen LogP contribution in [0.3, 0.4) is 0 Å². The van der Waals surface area contributed by atoms with Gasteiger partial charge in [0.1, 0.15) is 0 Å². The van der Waals surface area contributed by atoms with Crippen molar-refractivity contribution in [2.24, 2.45) is 0 Å². The first kappa shape index (κ1) is 11.4. The van der Waals surface area contributed by atoms with Crippen LogP contribution in [0.5, 0.6) is 0 Å². The zero-order valence-corrected chi connectivity index (χ0v) is 8.83. The highest BCUT2D eigenvalue weighted by atomic mass is 32.2. The Kier molecular flexibility index (Phi) is 3.46. The molecule has 1 fully saturated rings. The van der Waals surface area contributed by atoms with E-state index in [1.807, 2.05) is 0 Å². The summed E-state index contributed by atoms with van der Waals surface area (Å²) in [5, 5.41) is 8.40. The number of nitrogens with zero attached hydrogens (tertiary/aromatic N) is 2. The van der Waals surface area contributed by atoms with E-state index in [-0.39, 0.29) is 13.0 Å². The number of carbonyl (C=O) groups is 1. The van der Waals surface area contributed by atoms with Crippen molar-refractivity contribution in [3.05, 3.63) is 0 Å². The van der Waals surface area contributed by atoms with E-state index in [2.05, 4.69) is 0 Å². The van der Waals surface area contributed by atoms with Crippen LogP contribution in [0, 0.1) is 0 Å². The second kappa shape index (κ2) is 4.24. The van der Waals surface area contributed by atoms with Crippen LogP contribution < -0.4 is 0 Å². The molecule has 0 saturated carbocycles. The van der Waals surface area contributed by atoms with Gasteiger partial charge >= 0.3 is 5.97 Å². The van der Waals surface area contributed by atoms with Crippen LogP contribution in [0.1, 0.15) is 12.8 Å². The Morgan fingerprint density at radius 2 is 2.07 bits per heavy atom. The predicted octanol–water partition coefficient (Wildman–Crippen LogP) is -0.657. The van der Waals surface area contributed by atoms with Crippen molar-refractivity contribution < 1.29 is 18.3 Å². The van der Waals surface area contributed by atoms with E-state index >= 15 is 0 Å². The average molecular weight is 222 g/mol. The van der Waals surface area contributed by atoms with Crippen LogP contribution in [0.25, 0.3) is 0 Å². The summed E-state index contributed by atoms with van der Waals surface area (Å²) in [5.74, 6) is -0.990. The molecule has 0 spiro atoms. The van der Waals surface area contributed by atoms with Crippen molar-refractivity contribution in [2.45, 2.75) is 12.8 Å². The molecule has 14 heavy (non-hydrogen) atoms. The first-order valence-electron chi connectivity index (χ1n) is 4.38. The molecule has 1 aliphatic rings. The largest absolute Gasteiger partial charge is 0.481 e. The summed E-state index contributed by atoms with van der Waals surface area (Å²) in [7, 11) is -2.00. The Hall–Kier alpha value is -0.660. The van der Waals surface area contributed by atoms with Gasteiger partial charge in [0.15, 0.2) is 0 Å². The molecule has 0 radical (unpaired) electrons. The van der Waals surface area contributed by atoms with Gasteiger partial charge in [-0.1, -0.05) is 0 Å². The van der Waals surface area contributed by atoms with Crippen molar-refractivity contribution in [1.29, 1.82) is 0 Å². The lowest BCUT2D eigenvalue weighted by molar-refractivity contribution is -0.137. The lowest BCUT2D eigenvalue weighted by Gasteiger charge is -2.33. The Balaban J connectivity index is 2.49. The Labute approximate surface area is 83.3 Å². The summed E-state index contributed by atoms with van der Waals surface area (Å²) < 4.78 is 25.6. The molecule has 0 amide bonds. The van der Waals surface area contributed by atoms with Crippen molar-refractivity contribution in [3.8, 4) is 0 Å². The van der Waals surface area contributed by atoms with Crippen LogP contribution in [-0.4, -0.2) is 54.8 Å². The second-order valence-electron chi connectivity index (χ2n) is 3.23. The molecule has 82 valence electrons. The topological polar surface area (TPSA) is 77.9 Å². The maximum atomic E-state index is 11.6. The van der Waals surface area contributed by atoms with Crippen LogP contribution in [0.4, 0.5) is 0 Å². The molecule has 0 aromatic rings. The van der Waals surface area contributed by atoms with E-state index in [9.17, 15) is 13.2 Å².